The van der Waals surface area contributed by atoms with Gasteiger partial charge >= 0.3 is 23.9 Å². The Morgan fingerprint density at radius 1 is 0.439 bits per heavy atom. The highest BCUT2D eigenvalue weighted by molar-refractivity contribution is 5.73. The summed E-state index contributed by atoms with van der Waals surface area (Å²) in [5.74, 6) is -2.75. The fourth-order valence-corrected chi connectivity index (χ4v) is 4.23. The van der Waals surface area contributed by atoms with Gasteiger partial charge in [-0.3, -0.25) is 19.2 Å². The average molecular weight is 585 g/mol. The predicted molar refractivity (Wildman–Crippen MR) is 161 cm³/mol. The topological polar surface area (TPSA) is 105 Å². The van der Waals surface area contributed by atoms with E-state index in [2.05, 4.69) is 27.7 Å². The van der Waals surface area contributed by atoms with Crippen LogP contribution in [-0.4, -0.2) is 50.3 Å². The molecule has 0 bridgehead atoms. The number of hydrogen-bond acceptors (Lipinski definition) is 8. The minimum absolute atomic E-state index is 0.202. The number of esters is 4. The van der Waals surface area contributed by atoms with Crippen LogP contribution in [0.15, 0.2) is 0 Å². The summed E-state index contributed by atoms with van der Waals surface area (Å²) < 4.78 is 22.9. The minimum atomic E-state index is -1.22. The molecule has 0 saturated carbocycles. The Morgan fingerprint density at radius 3 is 0.805 bits per heavy atom. The first kappa shape index (κ1) is 38.9. The van der Waals surface area contributed by atoms with Crippen molar-refractivity contribution in [3.8, 4) is 0 Å². The van der Waals surface area contributed by atoms with Crippen LogP contribution in [-0.2, 0) is 38.1 Å². The van der Waals surface area contributed by atoms with Crippen LogP contribution in [0.1, 0.15) is 132 Å². The van der Waals surface area contributed by atoms with Gasteiger partial charge in [0.25, 0.3) is 0 Å². The lowest BCUT2D eigenvalue weighted by Crippen LogP contribution is -2.45. The smallest absolute Gasteiger partial charge is 0.308 e. The van der Waals surface area contributed by atoms with E-state index in [0.717, 1.165) is 51.4 Å². The zero-order valence-electron chi connectivity index (χ0n) is 27.4. The van der Waals surface area contributed by atoms with Crippen LogP contribution in [0, 0.1) is 29.1 Å². The summed E-state index contributed by atoms with van der Waals surface area (Å²) in [4.78, 5) is 51.4. The zero-order chi connectivity index (χ0) is 31.3. The van der Waals surface area contributed by atoms with E-state index in [1.54, 1.807) is 0 Å². The molecule has 0 aromatic heterocycles. The molecular formula is C33H60O8. The predicted octanol–water partition coefficient (Wildman–Crippen LogP) is 7.45. The maximum absolute atomic E-state index is 12.8. The molecule has 4 atom stereocenters. The number of ether oxygens (including phenoxy) is 4. The van der Waals surface area contributed by atoms with Gasteiger partial charge in [0.1, 0.15) is 31.8 Å². The van der Waals surface area contributed by atoms with Crippen molar-refractivity contribution in [3.05, 3.63) is 0 Å². The fraction of sp³-hybridized carbons (Fsp3) is 0.879. The Kier molecular flexibility index (Phi) is 21.3. The molecule has 0 fully saturated rings. The second-order valence-corrected chi connectivity index (χ2v) is 12.1. The summed E-state index contributed by atoms with van der Waals surface area (Å²) in [6.45, 7) is 14.7. The third-order valence-corrected chi connectivity index (χ3v) is 7.65. The number of unbranched alkanes of at least 4 members (excludes halogenated alkanes) is 4. The van der Waals surface area contributed by atoms with Crippen molar-refractivity contribution in [1.29, 1.82) is 0 Å². The van der Waals surface area contributed by atoms with Crippen LogP contribution in [0.4, 0.5) is 0 Å². The summed E-state index contributed by atoms with van der Waals surface area (Å²) in [6, 6.07) is 0. The van der Waals surface area contributed by atoms with Crippen LogP contribution in [0.2, 0.25) is 0 Å². The summed E-state index contributed by atoms with van der Waals surface area (Å²) in [5, 5.41) is 0. The largest absolute Gasteiger partial charge is 0.464 e. The molecule has 41 heavy (non-hydrogen) atoms. The Morgan fingerprint density at radius 2 is 0.634 bits per heavy atom. The van der Waals surface area contributed by atoms with Gasteiger partial charge in [0.15, 0.2) is 0 Å². The molecule has 0 rings (SSSR count). The van der Waals surface area contributed by atoms with E-state index in [-0.39, 0.29) is 74.0 Å². The average Bonchev–Trinajstić information content (AvgIpc) is 2.98. The van der Waals surface area contributed by atoms with Gasteiger partial charge in [0.05, 0.1) is 23.7 Å². The Bertz CT molecular complexity index is 624. The van der Waals surface area contributed by atoms with Crippen molar-refractivity contribution >= 4 is 23.9 Å². The van der Waals surface area contributed by atoms with Gasteiger partial charge in [-0.2, -0.15) is 0 Å². The Labute approximate surface area is 250 Å². The first-order valence-corrected chi connectivity index (χ1v) is 16.1. The Hall–Kier alpha value is -2.12. The minimum Gasteiger partial charge on any atom is -0.464 e. The molecule has 0 aliphatic rings. The molecule has 240 valence electrons. The first-order valence-electron chi connectivity index (χ1n) is 16.1. The maximum atomic E-state index is 12.8. The summed E-state index contributed by atoms with van der Waals surface area (Å²) in [7, 11) is 0. The quantitative estimate of drug-likeness (QED) is 0.0851. The Balaban J connectivity index is 5.95. The highest BCUT2D eigenvalue weighted by Crippen LogP contribution is 2.25. The molecule has 0 radical (unpaired) electrons. The lowest BCUT2D eigenvalue weighted by Gasteiger charge is -2.33. The molecule has 8 heteroatoms. The van der Waals surface area contributed by atoms with Crippen molar-refractivity contribution in [2.24, 2.45) is 29.1 Å². The summed E-state index contributed by atoms with van der Waals surface area (Å²) in [5.41, 5.74) is -1.22. The molecule has 8 nitrogen and oxygen atoms in total. The molecule has 0 heterocycles. The van der Waals surface area contributed by atoms with Gasteiger partial charge in [-0.15, -0.1) is 0 Å². The monoisotopic (exact) mass is 584 g/mol. The van der Waals surface area contributed by atoms with E-state index in [4.69, 9.17) is 18.9 Å². The van der Waals surface area contributed by atoms with Gasteiger partial charge in [-0.05, 0) is 25.7 Å². The lowest BCUT2D eigenvalue weighted by molar-refractivity contribution is -0.175. The van der Waals surface area contributed by atoms with Crippen LogP contribution in [0.5, 0.6) is 0 Å². The second-order valence-electron chi connectivity index (χ2n) is 12.1. The fourth-order valence-electron chi connectivity index (χ4n) is 4.23. The highest BCUT2D eigenvalue weighted by atomic mass is 16.6. The van der Waals surface area contributed by atoms with Crippen molar-refractivity contribution in [1.82, 2.24) is 0 Å². The molecular weight excluding hydrogens is 524 g/mol. The normalized spacial score (nSPS) is 15.6. The van der Waals surface area contributed by atoms with Crippen LogP contribution < -0.4 is 0 Å². The van der Waals surface area contributed by atoms with Crippen LogP contribution >= 0.6 is 0 Å². The van der Waals surface area contributed by atoms with Crippen molar-refractivity contribution in [2.45, 2.75) is 132 Å². The molecule has 0 aromatic carbocycles. The van der Waals surface area contributed by atoms with Gasteiger partial charge in [-0.25, -0.2) is 0 Å². The van der Waals surface area contributed by atoms with Crippen molar-refractivity contribution in [3.63, 3.8) is 0 Å². The third-order valence-electron chi connectivity index (χ3n) is 7.65. The first-order chi connectivity index (χ1) is 19.5. The van der Waals surface area contributed by atoms with Crippen molar-refractivity contribution in [2.75, 3.05) is 26.4 Å². The third kappa shape index (κ3) is 16.8. The van der Waals surface area contributed by atoms with E-state index in [9.17, 15) is 19.2 Å². The molecule has 0 spiro atoms. The molecule has 0 aliphatic heterocycles. The van der Waals surface area contributed by atoms with E-state index < -0.39 is 5.41 Å². The standard InChI is InChI=1S/C33H60O8/c1-9-13-17-25(5)29(34)38-21-33(22-39-30(35)26(6)18-14-10-2,23-40-31(36)27(7)19-15-11-3)24-41-32(37)28(8)20-16-12-4/h25-28H,9-24H2,1-8H3. The number of hydrogen-bond donors (Lipinski definition) is 0. The summed E-state index contributed by atoms with van der Waals surface area (Å²) in [6.07, 6.45) is 10.2. The SMILES string of the molecule is CCCCC(C)C(=O)OCC(COC(=O)C(C)CCCC)(COC(=O)C(C)CCCC)COC(=O)C(C)CCCC. The molecule has 0 amide bonds. The lowest BCUT2D eigenvalue weighted by atomic mass is 9.91. The van der Waals surface area contributed by atoms with Gasteiger partial charge in [-0.1, -0.05) is 107 Å². The zero-order valence-corrected chi connectivity index (χ0v) is 27.4. The number of carbonyl (C=O) groups is 4. The number of carbonyl (C=O) groups excluding carboxylic acids is 4. The molecule has 0 saturated heterocycles. The van der Waals surface area contributed by atoms with Crippen LogP contribution in [0.25, 0.3) is 0 Å². The van der Waals surface area contributed by atoms with E-state index in [0.29, 0.717) is 25.7 Å². The summed E-state index contributed by atoms with van der Waals surface area (Å²) >= 11 is 0. The highest BCUT2D eigenvalue weighted by Gasteiger charge is 2.39. The van der Waals surface area contributed by atoms with Crippen molar-refractivity contribution < 1.29 is 38.1 Å². The van der Waals surface area contributed by atoms with E-state index in [1.807, 2.05) is 27.7 Å². The second kappa shape index (κ2) is 22.5. The molecule has 4 unspecified atom stereocenters. The maximum Gasteiger partial charge on any atom is 0.308 e. The van der Waals surface area contributed by atoms with E-state index in [1.165, 1.54) is 0 Å². The molecule has 0 aliphatic carbocycles. The van der Waals surface area contributed by atoms with Gasteiger partial charge in [0.2, 0.25) is 0 Å². The van der Waals surface area contributed by atoms with Crippen LogP contribution in [0.3, 0.4) is 0 Å². The van der Waals surface area contributed by atoms with Gasteiger partial charge < -0.3 is 18.9 Å². The number of rotatable bonds is 24. The molecule has 0 N–H and O–H groups in total. The molecule has 0 aromatic rings. The van der Waals surface area contributed by atoms with Gasteiger partial charge in [0, 0.05) is 0 Å². The van der Waals surface area contributed by atoms with E-state index >= 15 is 0 Å².